The molecule has 0 bridgehead atoms. The topological polar surface area (TPSA) is 69.7 Å². The highest BCUT2D eigenvalue weighted by Crippen LogP contribution is 2.29. The van der Waals surface area contributed by atoms with Crippen molar-refractivity contribution in [3.63, 3.8) is 0 Å². The fourth-order valence-electron chi connectivity index (χ4n) is 3.97. The Bertz CT molecular complexity index is 1010. The maximum Gasteiger partial charge on any atom is 0.255 e. The number of nitrogens with one attached hydrogen (secondary N) is 1. The summed E-state index contributed by atoms with van der Waals surface area (Å²) in [5.74, 6) is -0.264. The Morgan fingerprint density at radius 1 is 1.06 bits per heavy atom. The lowest BCUT2D eigenvalue weighted by molar-refractivity contribution is -0.134. The summed E-state index contributed by atoms with van der Waals surface area (Å²) in [4.78, 5) is 41.7. The van der Waals surface area contributed by atoms with E-state index in [9.17, 15) is 14.4 Å². The number of amides is 3. The van der Waals surface area contributed by atoms with Gasteiger partial charge in [0.25, 0.3) is 5.91 Å². The van der Waals surface area contributed by atoms with Crippen molar-refractivity contribution in [2.24, 2.45) is 0 Å². The highest BCUT2D eigenvalue weighted by Gasteiger charge is 2.36. The number of aryl methyl sites for hydroxylation is 2. The Kier molecular flexibility index (Phi) is 6.78. The molecule has 1 atom stereocenters. The van der Waals surface area contributed by atoms with Gasteiger partial charge in [-0.05, 0) is 55.2 Å². The molecule has 164 valence electrons. The maximum atomic E-state index is 13.6. The van der Waals surface area contributed by atoms with Gasteiger partial charge in [0.2, 0.25) is 11.8 Å². The Hall–Kier alpha value is -3.15. The first-order valence-electron chi connectivity index (χ1n) is 10.7. The van der Waals surface area contributed by atoms with Gasteiger partial charge in [0.15, 0.2) is 0 Å². The summed E-state index contributed by atoms with van der Waals surface area (Å²) in [5.41, 5.74) is 5.20. The number of hydrogen-bond acceptors (Lipinski definition) is 3. The first-order valence-corrected chi connectivity index (χ1v) is 10.7. The van der Waals surface area contributed by atoms with Crippen molar-refractivity contribution in [2.45, 2.75) is 52.6 Å². The standard InChI is InChI=1S/C25H31N3O3/c1-6-7-23(29)26-20-11-10-18-14-22(25(31)27(4)5)28(15-19(18)13-20)24(30)21-12-16(2)8-9-17(21)3/h8-13,22H,6-7,14-15H2,1-5H3,(H,26,29)/t22-/m0/s1. The fourth-order valence-corrected chi connectivity index (χ4v) is 3.97. The molecule has 0 saturated carbocycles. The molecular formula is C25H31N3O3. The molecule has 1 N–H and O–H groups in total. The second-order valence-corrected chi connectivity index (χ2v) is 8.49. The number of fused-ring (bicyclic) bond motifs is 1. The highest BCUT2D eigenvalue weighted by molar-refractivity contribution is 5.99. The van der Waals surface area contributed by atoms with E-state index in [0.29, 0.717) is 30.6 Å². The van der Waals surface area contributed by atoms with Crippen LogP contribution in [-0.4, -0.2) is 47.7 Å². The van der Waals surface area contributed by atoms with E-state index in [2.05, 4.69) is 5.32 Å². The Morgan fingerprint density at radius 3 is 2.48 bits per heavy atom. The van der Waals surface area contributed by atoms with Gasteiger partial charge in [0.05, 0.1) is 0 Å². The van der Waals surface area contributed by atoms with Crippen LogP contribution >= 0.6 is 0 Å². The van der Waals surface area contributed by atoms with E-state index in [4.69, 9.17) is 0 Å². The van der Waals surface area contributed by atoms with E-state index in [1.807, 2.05) is 57.2 Å². The zero-order valence-corrected chi connectivity index (χ0v) is 19.0. The van der Waals surface area contributed by atoms with Gasteiger partial charge in [0.1, 0.15) is 6.04 Å². The predicted octanol–water partition coefficient (Wildman–Crippen LogP) is 3.70. The Morgan fingerprint density at radius 2 is 1.81 bits per heavy atom. The van der Waals surface area contributed by atoms with E-state index in [1.165, 1.54) is 0 Å². The molecule has 2 aromatic rings. The molecule has 2 aromatic carbocycles. The summed E-state index contributed by atoms with van der Waals surface area (Å²) in [5, 5.41) is 2.92. The minimum absolute atomic E-state index is 0.0257. The molecule has 0 aliphatic carbocycles. The summed E-state index contributed by atoms with van der Waals surface area (Å²) in [7, 11) is 3.43. The van der Waals surface area contributed by atoms with Crippen LogP contribution in [0.2, 0.25) is 0 Å². The molecule has 0 fully saturated rings. The molecule has 3 amide bonds. The van der Waals surface area contributed by atoms with Crippen molar-refractivity contribution in [1.82, 2.24) is 9.80 Å². The predicted molar refractivity (Wildman–Crippen MR) is 122 cm³/mol. The quantitative estimate of drug-likeness (QED) is 0.800. The number of anilines is 1. The van der Waals surface area contributed by atoms with E-state index in [1.54, 1.807) is 23.9 Å². The van der Waals surface area contributed by atoms with Gasteiger partial charge in [-0.15, -0.1) is 0 Å². The molecule has 1 aliphatic heterocycles. The number of nitrogens with zero attached hydrogens (tertiary/aromatic N) is 2. The second kappa shape index (κ2) is 9.33. The zero-order chi connectivity index (χ0) is 22.7. The van der Waals surface area contributed by atoms with Gasteiger partial charge < -0.3 is 15.1 Å². The van der Waals surface area contributed by atoms with Crippen LogP contribution in [-0.2, 0) is 22.6 Å². The first kappa shape index (κ1) is 22.5. The van der Waals surface area contributed by atoms with Crippen LogP contribution in [0.5, 0.6) is 0 Å². The summed E-state index contributed by atoms with van der Waals surface area (Å²) in [6.07, 6.45) is 1.70. The van der Waals surface area contributed by atoms with E-state index < -0.39 is 6.04 Å². The lowest BCUT2D eigenvalue weighted by Gasteiger charge is -2.37. The first-order chi connectivity index (χ1) is 14.7. The van der Waals surface area contributed by atoms with E-state index in [0.717, 1.165) is 28.7 Å². The summed E-state index contributed by atoms with van der Waals surface area (Å²) in [6.45, 7) is 6.15. The van der Waals surface area contributed by atoms with Gasteiger partial charge in [-0.2, -0.15) is 0 Å². The van der Waals surface area contributed by atoms with Gasteiger partial charge in [-0.1, -0.05) is 30.7 Å². The molecule has 6 heteroatoms. The third-order valence-electron chi connectivity index (χ3n) is 5.71. The Balaban J connectivity index is 1.97. The summed E-state index contributed by atoms with van der Waals surface area (Å²) < 4.78 is 0. The molecule has 0 saturated heterocycles. The van der Waals surface area contributed by atoms with Gasteiger partial charge in [-0.25, -0.2) is 0 Å². The number of benzene rings is 2. The minimum Gasteiger partial charge on any atom is -0.347 e. The smallest absolute Gasteiger partial charge is 0.255 e. The minimum atomic E-state index is -0.560. The van der Waals surface area contributed by atoms with Crippen LogP contribution in [0.25, 0.3) is 0 Å². The van der Waals surface area contributed by atoms with Crippen LogP contribution in [0, 0.1) is 13.8 Å². The SMILES string of the molecule is CCCC(=O)Nc1ccc2c(c1)CN(C(=O)c1cc(C)ccc1C)[C@H](C(=O)N(C)C)C2. The number of carbonyl (C=O) groups is 3. The molecule has 1 aliphatic rings. The molecule has 6 nitrogen and oxygen atoms in total. The van der Waals surface area contributed by atoms with Crippen molar-refractivity contribution in [1.29, 1.82) is 0 Å². The lowest BCUT2D eigenvalue weighted by Crippen LogP contribution is -2.52. The van der Waals surface area contributed by atoms with Crippen LogP contribution in [0.1, 0.15) is 52.4 Å². The van der Waals surface area contributed by atoms with Crippen LogP contribution in [0.4, 0.5) is 5.69 Å². The fraction of sp³-hybridized carbons (Fsp3) is 0.400. The van der Waals surface area contributed by atoms with Crippen LogP contribution < -0.4 is 5.32 Å². The van der Waals surface area contributed by atoms with Crippen molar-refractivity contribution in [2.75, 3.05) is 19.4 Å². The number of hydrogen-bond donors (Lipinski definition) is 1. The van der Waals surface area contributed by atoms with Gasteiger partial charge in [-0.3, -0.25) is 14.4 Å². The third-order valence-corrected chi connectivity index (χ3v) is 5.71. The Labute approximate surface area is 184 Å². The molecule has 0 radical (unpaired) electrons. The molecule has 0 unspecified atom stereocenters. The van der Waals surface area contributed by atoms with Crippen molar-refractivity contribution in [3.05, 3.63) is 64.2 Å². The molecule has 3 rings (SSSR count). The molecule has 0 spiro atoms. The normalized spacial score (nSPS) is 15.3. The van der Waals surface area contributed by atoms with Crippen LogP contribution in [0.15, 0.2) is 36.4 Å². The van der Waals surface area contributed by atoms with Crippen LogP contribution in [0.3, 0.4) is 0 Å². The summed E-state index contributed by atoms with van der Waals surface area (Å²) in [6, 6.07) is 11.0. The monoisotopic (exact) mass is 421 g/mol. The average Bonchev–Trinajstić information content (AvgIpc) is 2.73. The maximum absolute atomic E-state index is 13.6. The van der Waals surface area contributed by atoms with Crippen molar-refractivity contribution < 1.29 is 14.4 Å². The van der Waals surface area contributed by atoms with Gasteiger partial charge in [0, 0.05) is 44.7 Å². The summed E-state index contributed by atoms with van der Waals surface area (Å²) >= 11 is 0. The molecular weight excluding hydrogens is 390 g/mol. The second-order valence-electron chi connectivity index (χ2n) is 8.49. The highest BCUT2D eigenvalue weighted by atomic mass is 16.2. The molecule has 31 heavy (non-hydrogen) atoms. The van der Waals surface area contributed by atoms with E-state index in [-0.39, 0.29) is 17.7 Å². The lowest BCUT2D eigenvalue weighted by atomic mass is 9.91. The number of likely N-dealkylation sites (N-methyl/N-ethyl adjacent to an activating group) is 1. The van der Waals surface area contributed by atoms with Gasteiger partial charge >= 0.3 is 0 Å². The zero-order valence-electron chi connectivity index (χ0n) is 19.0. The largest absolute Gasteiger partial charge is 0.347 e. The number of rotatable bonds is 5. The number of carbonyl (C=O) groups excluding carboxylic acids is 3. The van der Waals surface area contributed by atoms with Crippen molar-refractivity contribution >= 4 is 23.4 Å². The van der Waals surface area contributed by atoms with Crippen molar-refractivity contribution in [3.8, 4) is 0 Å². The molecule has 0 aromatic heterocycles. The molecule has 1 heterocycles. The van der Waals surface area contributed by atoms with E-state index >= 15 is 0 Å². The third kappa shape index (κ3) is 4.95. The average molecular weight is 422 g/mol.